The minimum Gasteiger partial charge on any atom is -0.374 e. The second kappa shape index (κ2) is 4.30. The van der Waals surface area contributed by atoms with Gasteiger partial charge in [0.25, 0.3) is 0 Å². The maximum Gasteiger partial charge on any atom is 0.0664 e. The molecule has 3 saturated carbocycles. The van der Waals surface area contributed by atoms with Crippen LogP contribution in [0.15, 0.2) is 0 Å². The molecule has 2 atom stereocenters. The lowest BCUT2D eigenvalue weighted by Crippen LogP contribution is -2.63. The van der Waals surface area contributed by atoms with Crippen molar-refractivity contribution in [1.29, 1.82) is 0 Å². The van der Waals surface area contributed by atoms with E-state index in [1.165, 1.54) is 57.8 Å². The first-order chi connectivity index (χ1) is 7.81. The molecular formula is C14H25NO. The molecule has 16 heavy (non-hydrogen) atoms. The van der Waals surface area contributed by atoms with Gasteiger partial charge in [-0.3, -0.25) is 0 Å². The first-order valence-electron chi connectivity index (χ1n) is 7.22. The molecule has 0 aromatic carbocycles. The lowest BCUT2D eigenvalue weighted by molar-refractivity contribution is -0.167. The van der Waals surface area contributed by atoms with Crippen molar-refractivity contribution in [2.45, 2.75) is 82.5 Å². The lowest BCUT2D eigenvalue weighted by atomic mass is 9.55. The number of hydrogen-bond donors (Lipinski definition) is 1. The van der Waals surface area contributed by atoms with Crippen molar-refractivity contribution in [2.24, 2.45) is 11.1 Å². The van der Waals surface area contributed by atoms with Gasteiger partial charge in [0, 0.05) is 11.5 Å². The molecule has 0 heterocycles. The molecule has 0 bridgehead atoms. The quantitative estimate of drug-likeness (QED) is 0.781. The van der Waals surface area contributed by atoms with Gasteiger partial charge in [0.2, 0.25) is 0 Å². The summed E-state index contributed by atoms with van der Waals surface area (Å²) >= 11 is 0. The van der Waals surface area contributed by atoms with Crippen LogP contribution in [0.4, 0.5) is 0 Å². The molecule has 1 spiro atoms. The Labute approximate surface area is 98.9 Å². The molecule has 0 aliphatic heterocycles. The van der Waals surface area contributed by atoms with Crippen molar-refractivity contribution in [3.63, 3.8) is 0 Å². The van der Waals surface area contributed by atoms with Crippen molar-refractivity contribution in [2.75, 3.05) is 0 Å². The molecule has 3 fully saturated rings. The molecule has 3 aliphatic carbocycles. The Morgan fingerprint density at radius 1 is 0.938 bits per heavy atom. The first-order valence-corrected chi connectivity index (χ1v) is 7.22. The average molecular weight is 223 g/mol. The van der Waals surface area contributed by atoms with E-state index in [0.29, 0.717) is 23.7 Å². The lowest BCUT2D eigenvalue weighted by Gasteiger charge is -2.57. The van der Waals surface area contributed by atoms with Gasteiger partial charge in [0.05, 0.1) is 12.2 Å². The number of nitrogens with two attached hydrogens (primary N) is 1. The smallest absolute Gasteiger partial charge is 0.0664 e. The maximum atomic E-state index is 6.33. The average Bonchev–Trinajstić information content (AvgIpc) is 2.83. The molecule has 2 unspecified atom stereocenters. The highest BCUT2D eigenvalue weighted by Gasteiger charge is 2.54. The number of hydrogen-bond acceptors (Lipinski definition) is 2. The van der Waals surface area contributed by atoms with E-state index in [2.05, 4.69) is 0 Å². The van der Waals surface area contributed by atoms with E-state index in [1.54, 1.807) is 0 Å². The molecule has 92 valence electrons. The molecular weight excluding hydrogens is 198 g/mol. The van der Waals surface area contributed by atoms with E-state index < -0.39 is 0 Å². The van der Waals surface area contributed by atoms with Crippen molar-refractivity contribution < 1.29 is 4.74 Å². The Kier molecular flexibility index (Phi) is 2.97. The maximum absolute atomic E-state index is 6.33. The highest BCUT2D eigenvalue weighted by atomic mass is 16.5. The number of rotatable bonds is 2. The van der Waals surface area contributed by atoms with Crippen LogP contribution in [-0.2, 0) is 4.74 Å². The predicted molar refractivity (Wildman–Crippen MR) is 65.2 cm³/mol. The summed E-state index contributed by atoms with van der Waals surface area (Å²) in [6.45, 7) is 0. The zero-order valence-corrected chi connectivity index (χ0v) is 10.3. The van der Waals surface area contributed by atoms with E-state index in [-0.39, 0.29) is 0 Å². The fourth-order valence-corrected chi connectivity index (χ4v) is 4.13. The van der Waals surface area contributed by atoms with Gasteiger partial charge in [-0.25, -0.2) is 0 Å². The first kappa shape index (κ1) is 11.0. The normalized spacial score (nSPS) is 38.8. The molecule has 2 heteroatoms. The van der Waals surface area contributed by atoms with Crippen LogP contribution in [0.1, 0.15) is 64.2 Å². The van der Waals surface area contributed by atoms with Crippen molar-refractivity contribution >= 4 is 0 Å². The summed E-state index contributed by atoms with van der Waals surface area (Å²) < 4.78 is 6.33. The van der Waals surface area contributed by atoms with Gasteiger partial charge in [-0.2, -0.15) is 0 Å². The van der Waals surface area contributed by atoms with E-state index >= 15 is 0 Å². The third kappa shape index (κ3) is 1.70. The molecule has 2 nitrogen and oxygen atoms in total. The Morgan fingerprint density at radius 2 is 1.62 bits per heavy atom. The molecule has 0 amide bonds. The minimum atomic E-state index is 0.390. The Balaban J connectivity index is 1.62. The van der Waals surface area contributed by atoms with Crippen LogP contribution in [0, 0.1) is 5.41 Å². The number of ether oxygens (including phenoxy) is 1. The highest BCUT2D eigenvalue weighted by Crippen LogP contribution is 2.53. The van der Waals surface area contributed by atoms with E-state index in [4.69, 9.17) is 10.5 Å². The molecule has 0 radical (unpaired) electrons. The second-order valence-electron chi connectivity index (χ2n) is 6.17. The van der Waals surface area contributed by atoms with Crippen LogP contribution in [0.5, 0.6) is 0 Å². The third-order valence-electron chi connectivity index (χ3n) is 5.29. The van der Waals surface area contributed by atoms with Crippen LogP contribution in [0.3, 0.4) is 0 Å². The fourth-order valence-electron chi connectivity index (χ4n) is 4.13. The zero-order valence-electron chi connectivity index (χ0n) is 10.3. The highest BCUT2D eigenvalue weighted by molar-refractivity contribution is 5.07. The molecule has 3 rings (SSSR count). The van der Waals surface area contributed by atoms with Crippen LogP contribution in [0.25, 0.3) is 0 Å². The summed E-state index contributed by atoms with van der Waals surface area (Å²) in [5.74, 6) is 0. The van der Waals surface area contributed by atoms with Crippen LogP contribution >= 0.6 is 0 Å². The molecule has 2 N–H and O–H groups in total. The minimum absolute atomic E-state index is 0.390. The second-order valence-corrected chi connectivity index (χ2v) is 6.17. The summed E-state index contributed by atoms with van der Waals surface area (Å²) in [6.07, 6.45) is 14.3. The Hall–Kier alpha value is -0.0800. The monoisotopic (exact) mass is 223 g/mol. The SMILES string of the molecule is NC1CC(OC2CCCC2)C12CCCCC2. The Bertz CT molecular complexity index is 241. The van der Waals surface area contributed by atoms with E-state index in [1.807, 2.05) is 0 Å². The zero-order chi connectivity index (χ0) is 11.0. The van der Waals surface area contributed by atoms with Crippen LogP contribution < -0.4 is 5.73 Å². The molecule has 0 aromatic rings. The van der Waals surface area contributed by atoms with E-state index in [0.717, 1.165) is 6.42 Å². The summed E-state index contributed by atoms with van der Waals surface area (Å²) in [4.78, 5) is 0. The van der Waals surface area contributed by atoms with Crippen molar-refractivity contribution in [3.05, 3.63) is 0 Å². The van der Waals surface area contributed by atoms with Gasteiger partial charge in [-0.15, -0.1) is 0 Å². The molecule has 0 aromatic heterocycles. The fraction of sp³-hybridized carbons (Fsp3) is 1.00. The summed E-state index contributed by atoms with van der Waals surface area (Å²) in [5.41, 5.74) is 6.66. The van der Waals surface area contributed by atoms with Gasteiger partial charge < -0.3 is 10.5 Å². The topological polar surface area (TPSA) is 35.2 Å². The van der Waals surface area contributed by atoms with Crippen LogP contribution in [0.2, 0.25) is 0 Å². The van der Waals surface area contributed by atoms with E-state index in [9.17, 15) is 0 Å². The molecule has 0 saturated heterocycles. The van der Waals surface area contributed by atoms with Gasteiger partial charge in [0.15, 0.2) is 0 Å². The van der Waals surface area contributed by atoms with Gasteiger partial charge in [0.1, 0.15) is 0 Å². The standard InChI is InChI=1S/C14H25NO/c15-12-10-13(16-11-6-2-3-7-11)14(12)8-4-1-5-9-14/h11-13H,1-10,15H2. The van der Waals surface area contributed by atoms with Gasteiger partial charge in [-0.1, -0.05) is 32.1 Å². The van der Waals surface area contributed by atoms with Crippen molar-refractivity contribution in [3.8, 4) is 0 Å². The largest absolute Gasteiger partial charge is 0.374 e. The third-order valence-corrected chi connectivity index (χ3v) is 5.29. The van der Waals surface area contributed by atoms with Gasteiger partial charge >= 0.3 is 0 Å². The Morgan fingerprint density at radius 3 is 2.25 bits per heavy atom. The summed E-state index contributed by atoms with van der Waals surface area (Å²) in [5, 5.41) is 0. The van der Waals surface area contributed by atoms with Crippen molar-refractivity contribution in [1.82, 2.24) is 0 Å². The predicted octanol–water partition coefficient (Wildman–Crippen LogP) is 3.00. The van der Waals surface area contributed by atoms with Crippen LogP contribution in [-0.4, -0.2) is 18.2 Å². The molecule has 3 aliphatic rings. The summed E-state index contributed by atoms with van der Waals surface area (Å²) in [6, 6.07) is 0.430. The van der Waals surface area contributed by atoms with Gasteiger partial charge in [-0.05, 0) is 32.1 Å². The summed E-state index contributed by atoms with van der Waals surface area (Å²) in [7, 11) is 0.